The topological polar surface area (TPSA) is 124 Å². The first-order chi connectivity index (χ1) is 17.4. The van der Waals surface area contributed by atoms with E-state index in [1.54, 1.807) is 61.7 Å². The van der Waals surface area contributed by atoms with Gasteiger partial charge in [0.25, 0.3) is 5.91 Å². The molecule has 10 heteroatoms. The molecule has 10 nitrogen and oxygen atoms in total. The summed E-state index contributed by atoms with van der Waals surface area (Å²) in [6.45, 7) is -0.140. The van der Waals surface area contributed by atoms with Gasteiger partial charge in [-0.3, -0.25) is 9.59 Å². The number of hydrogen-bond acceptors (Lipinski definition) is 8. The molecule has 0 bridgehead atoms. The summed E-state index contributed by atoms with van der Waals surface area (Å²) in [4.78, 5) is 37.1. The monoisotopic (exact) mass is 493 g/mol. The van der Waals surface area contributed by atoms with Gasteiger partial charge in [0.2, 0.25) is 5.91 Å². The van der Waals surface area contributed by atoms with Gasteiger partial charge >= 0.3 is 5.97 Å². The van der Waals surface area contributed by atoms with E-state index in [0.717, 1.165) is 0 Å². The Morgan fingerprint density at radius 3 is 1.89 bits per heavy atom. The highest BCUT2D eigenvalue weighted by Crippen LogP contribution is 2.33. The van der Waals surface area contributed by atoms with Crippen LogP contribution in [0.1, 0.15) is 20.7 Å². The molecule has 3 rings (SSSR count). The zero-order chi connectivity index (χ0) is 26.1. The molecule has 0 aliphatic heterocycles. The lowest BCUT2D eigenvalue weighted by Gasteiger charge is -2.15. The van der Waals surface area contributed by atoms with Crippen molar-refractivity contribution in [2.45, 2.75) is 0 Å². The molecule has 188 valence electrons. The van der Waals surface area contributed by atoms with E-state index < -0.39 is 5.97 Å². The van der Waals surface area contributed by atoms with Gasteiger partial charge in [-0.05, 0) is 48.5 Å². The molecule has 0 radical (unpaired) electrons. The molecule has 0 saturated heterocycles. The number of amides is 2. The Bertz CT molecular complexity index is 1230. The van der Waals surface area contributed by atoms with Crippen LogP contribution < -0.4 is 30.2 Å². The Hall–Kier alpha value is -4.73. The number of hydrogen-bond donors (Lipinski definition) is 3. The summed E-state index contributed by atoms with van der Waals surface area (Å²) in [5.41, 5.74) is 2.10. The zero-order valence-corrected chi connectivity index (χ0v) is 20.3. The first-order valence-corrected chi connectivity index (χ1v) is 10.8. The number of carbonyl (C=O) groups excluding carboxylic acids is 3. The second-order valence-corrected chi connectivity index (χ2v) is 7.41. The number of anilines is 3. The number of nitrogens with one attached hydrogen (secondary N) is 3. The minimum absolute atomic E-state index is 0.140. The summed E-state index contributed by atoms with van der Waals surface area (Å²) in [6.07, 6.45) is 0. The molecule has 0 saturated carbocycles. The van der Waals surface area contributed by atoms with Crippen LogP contribution in [0.4, 0.5) is 17.1 Å². The largest absolute Gasteiger partial charge is 0.497 e. The highest BCUT2D eigenvalue weighted by atomic mass is 16.5. The van der Waals surface area contributed by atoms with Gasteiger partial charge in [-0.15, -0.1) is 0 Å². The van der Waals surface area contributed by atoms with E-state index in [2.05, 4.69) is 16.0 Å². The quantitative estimate of drug-likeness (QED) is 0.364. The third kappa shape index (κ3) is 6.44. The van der Waals surface area contributed by atoms with E-state index in [-0.39, 0.29) is 23.9 Å². The lowest BCUT2D eigenvalue weighted by atomic mass is 10.1. The van der Waals surface area contributed by atoms with E-state index in [0.29, 0.717) is 39.9 Å². The van der Waals surface area contributed by atoms with Crippen LogP contribution in [0, 0.1) is 0 Å². The fourth-order valence-corrected chi connectivity index (χ4v) is 3.27. The summed E-state index contributed by atoms with van der Waals surface area (Å²) in [7, 11) is 5.75. The average Bonchev–Trinajstić information content (AvgIpc) is 2.91. The molecular formula is C26H27N3O7. The van der Waals surface area contributed by atoms with E-state index >= 15 is 0 Å². The smallest absolute Gasteiger partial charge is 0.340 e. The molecule has 0 aliphatic carbocycles. The van der Waals surface area contributed by atoms with Crippen LogP contribution >= 0.6 is 0 Å². The molecule has 0 unspecified atom stereocenters. The van der Waals surface area contributed by atoms with E-state index in [9.17, 15) is 14.4 Å². The Kier molecular flexibility index (Phi) is 8.71. The second-order valence-electron chi connectivity index (χ2n) is 7.41. The van der Waals surface area contributed by atoms with Crippen molar-refractivity contribution in [1.29, 1.82) is 0 Å². The van der Waals surface area contributed by atoms with Crippen molar-refractivity contribution >= 4 is 34.8 Å². The number of methoxy groups -OCH3 is 4. The summed E-state index contributed by atoms with van der Waals surface area (Å²) in [5.74, 6) is 0.178. The molecule has 0 aliphatic rings. The lowest BCUT2D eigenvalue weighted by molar-refractivity contribution is -0.114. The highest BCUT2D eigenvalue weighted by molar-refractivity contribution is 6.05. The molecule has 0 heterocycles. The Morgan fingerprint density at radius 1 is 0.722 bits per heavy atom. The van der Waals surface area contributed by atoms with Crippen LogP contribution in [0.5, 0.6) is 17.2 Å². The summed E-state index contributed by atoms with van der Waals surface area (Å²) >= 11 is 0. The van der Waals surface area contributed by atoms with Gasteiger partial charge in [0.1, 0.15) is 5.75 Å². The third-order valence-electron chi connectivity index (χ3n) is 5.15. The molecule has 3 N–H and O–H groups in total. The number of ether oxygens (including phenoxy) is 4. The van der Waals surface area contributed by atoms with E-state index in [4.69, 9.17) is 18.9 Å². The lowest BCUT2D eigenvalue weighted by Crippen LogP contribution is -2.23. The molecule has 2 amide bonds. The van der Waals surface area contributed by atoms with E-state index in [1.807, 2.05) is 0 Å². The normalized spacial score (nSPS) is 10.1. The van der Waals surface area contributed by atoms with Gasteiger partial charge in [-0.2, -0.15) is 0 Å². The van der Waals surface area contributed by atoms with Crippen molar-refractivity contribution in [3.8, 4) is 17.2 Å². The Labute approximate surface area is 208 Å². The summed E-state index contributed by atoms with van der Waals surface area (Å²) < 4.78 is 20.4. The van der Waals surface area contributed by atoms with Crippen molar-refractivity contribution in [2.75, 3.05) is 50.9 Å². The molecule has 0 spiro atoms. The average molecular weight is 494 g/mol. The number of esters is 1. The Morgan fingerprint density at radius 2 is 1.31 bits per heavy atom. The maximum absolute atomic E-state index is 12.5. The highest BCUT2D eigenvalue weighted by Gasteiger charge is 2.18. The first kappa shape index (κ1) is 25.9. The minimum atomic E-state index is -0.595. The van der Waals surface area contributed by atoms with Crippen molar-refractivity contribution in [1.82, 2.24) is 0 Å². The van der Waals surface area contributed by atoms with Gasteiger partial charge in [0.15, 0.2) is 11.5 Å². The van der Waals surface area contributed by atoms with Crippen LogP contribution in [-0.4, -0.2) is 52.8 Å². The molecule has 3 aromatic rings. The van der Waals surface area contributed by atoms with Crippen molar-refractivity contribution in [3.63, 3.8) is 0 Å². The van der Waals surface area contributed by atoms with Gasteiger partial charge in [-0.25, -0.2) is 4.79 Å². The maximum atomic E-state index is 12.5. The van der Waals surface area contributed by atoms with E-state index in [1.165, 1.54) is 27.4 Å². The molecule has 0 atom stereocenters. The van der Waals surface area contributed by atoms with Gasteiger partial charge in [-0.1, -0.05) is 0 Å². The van der Waals surface area contributed by atoms with Crippen LogP contribution in [-0.2, 0) is 9.53 Å². The standard InChI is InChI=1S/C26H27N3O7/c1-33-19-11-9-18(10-12-19)29-25(31)16-5-7-17(8-6-16)28-24(30)15-27-21-14-23(35-3)22(34-2)13-20(21)26(32)36-4/h5-14,27H,15H2,1-4H3,(H,28,30)(H,29,31). The SMILES string of the molecule is COC(=O)c1cc(OC)c(OC)cc1NCC(=O)Nc1ccc(C(=O)Nc2ccc(OC)cc2)cc1. The van der Waals surface area contributed by atoms with Crippen molar-refractivity contribution in [3.05, 3.63) is 71.8 Å². The van der Waals surface area contributed by atoms with Crippen LogP contribution in [0.3, 0.4) is 0 Å². The summed E-state index contributed by atoms with van der Waals surface area (Å²) in [6, 6.07) is 16.4. The predicted octanol–water partition coefficient (Wildman–Crippen LogP) is 3.80. The number of benzene rings is 3. The minimum Gasteiger partial charge on any atom is -0.497 e. The summed E-state index contributed by atoms with van der Waals surface area (Å²) in [5, 5.41) is 8.45. The molecule has 3 aromatic carbocycles. The third-order valence-corrected chi connectivity index (χ3v) is 5.15. The molecule has 0 fully saturated rings. The van der Waals surface area contributed by atoms with Crippen molar-refractivity contribution < 1.29 is 33.3 Å². The second kappa shape index (κ2) is 12.1. The van der Waals surface area contributed by atoms with Gasteiger partial charge < -0.3 is 34.9 Å². The van der Waals surface area contributed by atoms with Crippen LogP contribution in [0.2, 0.25) is 0 Å². The molecule has 0 aromatic heterocycles. The maximum Gasteiger partial charge on any atom is 0.340 e. The van der Waals surface area contributed by atoms with Crippen molar-refractivity contribution in [2.24, 2.45) is 0 Å². The predicted molar refractivity (Wildman–Crippen MR) is 135 cm³/mol. The van der Waals surface area contributed by atoms with Crippen LogP contribution in [0.25, 0.3) is 0 Å². The van der Waals surface area contributed by atoms with Gasteiger partial charge in [0.05, 0.1) is 46.2 Å². The fraction of sp³-hybridized carbons (Fsp3) is 0.192. The molecule has 36 heavy (non-hydrogen) atoms. The number of carbonyl (C=O) groups is 3. The fourth-order valence-electron chi connectivity index (χ4n) is 3.27. The van der Waals surface area contributed by atoms with Crippen LogP contribution in [0.15, 0.2) is 60.7 Å². The molecular weight excluding hydrogens is 466 g/mol. The number of rotatable bonds is 10. The first-order valence-electron chi connectivity index (χ1n) is 10.8. The van der Waals surface area contributed by atoms with Gasteiger partial charge in [0, 0.05) is 29.1 Å². The Balaban J connectivity index is 1.61. The zero-order valence-electron chi connectivity index (χ0n) is 20.3.